The van der Waals surface area contributed by atoms with Gasteiger partial charge in [-0.2, -0.15) is 18.2 Å². The Morgan fingerprint density at radius 2 is 2.12 bits per heavy atom. The highest BCUT2D eigenvalue weighted by molar-refractivity contribution is 5.90. The van der Waals surface area contributed by atoms with E-state index in [1.807, 2.05) is 0 Å². The maximum atomic E-state index is 12.9. The number of carboxylic acids is 1. The van der Waals surface area contributed by atoms with Gasteiger partial charge in [0.15, 0.2) is 11.5 Å². The first-order valence-electron chi connectivity index (χ1n) is 6.83. The lowest BCUT2D eigenvalue weighted by Gasteiger charge is -2.22. The highest BCUT2D eigenvalue weighted by atomic mass is 19.4. The van der Waals surface area contributed by atoms with E-state index in [1.54, 1.807) is 0 Å². The number of hydrogen-bond acceptors (Lipinski definition) is 6. The van der Waals surface area contributed by atoms with Gasteiger partial charge in [-0.3, -0.25) is 0 Å². The summed E-state index contributed by atoms with van der Waals surface area (Å²) >= 11 is 0. The topological polar surface area (TPSA) is 110 Å². The average Bonchev–Trinajstić information content (AvgIpc) is 2.98. The first-order chi connectivity index (χ1) is 11.7. The van der Waals surface area contributed by atoms with Gasteiger partial charge in [0.2, 0.25) is 5.95 Å². The Bertz CT molecular complexity index is 875. The number of aromatic hydroxyl groups is 1. The van der Waals surface area contributed by atoms with Crippen LogP contribution in [0.15, 0.2) is 30.0 Å². The molecule has 25 heavy (non-hydrogen) atoms. The molecule has 0 radical (unpaired) electrons. The number of ether oxygens (including phenoxy) is 1. The first kappa shape index (κ1) is 16.6. The number of allylic oxidation sites excluding steroid dienone is 1. The van der Waals surface area contributed by atoms with Gasteiger partial charge >= 0.3 is 12.1 Å². The second kappa shape index (κ2) is 5.69. The summed E-state index contributed by atoms with van der Waals surface area (Å²) in [6.07, 6.45) is -3.59. The number of phenolic OH excluding ortho intramolecular Hbond substituents is 1. The molecule has 1 aromatic heterocycles. The second-order valence-electron chi connectivity index (χ2n) is 5.09. The molecule has 0 amide bonds. The summed E-state index contributed by atoms with van der Waals surface area (Å²) < 4.78 is 44.5. The van der Waals surface area contributed by atoms with Gasteiger partial charge in [0.05, 0.1) is 7.11 Å². The van der Waals surface area contributed by atoms with Crippen LogP contribution in [0.3, 0.4) is 0 Å². The quantitative estimate of drug-likeness (QED) is 0.771. The molecule has 11 heteroatoms. The molecule has 0 spiro atoms. The lowest BCUT2D eigenvalue weighted by Crippen LogP contribution is -2.24. The summed E-state index contributed by atoms with van der Waals surface area (Å²) in [7, 11) is 1.31. The van der Waals surface area contributed by atoms with E-state index in [1.165, 1.54) is 31.4 Å². The minimum atomic E-state index is -4.79. The number of halogens is 3. The molecule has 3 N–H and O–H groups in total. The van der Waals surface area contributed by atoms with Crippen LogP contribution in [-0.2, 0) is 11.0 Å². The fourth-order valence-corrected chi connectivity index (χ4v) is 2.35. The number of rotatable bonds is 3. The van der Waals surface area contributed by atoms with E-state index in [-0.39, 0.29) is 23.1 Å². The molecule has 2 heterocycles. The number of aliphatic carboxylic acids is 1. The van der Waals surface area contributed by atoms with Crippen LogP contribution in [0.1, 0.15) is 17.4 Å². The third kappa shape index (κ3) is 2.95. The van der Waals surface area contributed by atoms with Gasteiger partial charge in [-0.25, -0.2) is 9.48 Å². The zero-order valence-corrected chi connectivity index (χ0v) is 12.6. The summed E-state index contributed by atoms with van der Waals surface area (Å²) in [5, 5.41) is 24.5. The number of alkyl halides is 3. The molecule has 1 aliphatic heterocycles. The monoisotopic (exact) mass is 356 g/mol. The molecule has 0 fully saturated rings. The smallest absolute Gasteiger partial charge is 0.453 e. The number of nitrogens with zero attached hydrogens (tertiary/aromatic N) is 3. The van der Waals surface area contributed by atoms with Crippen molar-refractivity contribution < 1.29 is 32.9 Å². The summed E-state index contributed by atoms with van der Waals surface area (Å²) in [4.78, 5) is 14.6. The van der Waals surface area contributed by atoms with E-state index in [2.05, 4.69) is 15.4 Å². The average molecular weight is 356 g/mol. The van der Waals surface area contributed by atoms with Crippen LogP contribution in [0.5, 0.6) is 11.5 Å². The Morgan fingerprint density at radius 1 is 1.40 bits per heavy atom. The maximum absolute atomic E-state index is 12.9. The molecule has 2 aromatic rings. The zero-order chi connectivity index (χ0) is 18.4. The van der Waals surface area contributed by atoms with E-state index in [0.29, 0.717) is 5.56 Å². The van der Waals surface area contributed by atoms with Gasteiger partial charge < -0.3 is 20.3 Å². The molecule has 0 unspecified atom stereocenters. The van der Waals surface area contributed by atoms with Gasteiger partial charge in [-0.1, -0.05) is 6.07 Å². The van der Waals surface area contributed by atoms with Crippen LogP contribution in [0.2, 0.25) is 0 Å². The Balaban J connectivity index is 2.14. The lowest BCUT2D eigenvalue weighted by molar-refractivity contribution is -0.145. The van der Waals surface area contributed by atoms with Crippen LogP contribution >= 0.6 is 0 Å². The van der Waals surface area contributed by atoms with E-state index in [4.69, 9.17) is 9.84 Å². The molecule has 8 nitrogen and oxygen atoms in total. The van der Waals surface area contributed by atoms with Gasteiger partial charge in [0.25, 0.3) is 5.82 Å². The van der Waals surface area contributed by atoms with Crippen molar-refractivity contribution in [3.8, 4) is 11.5 Å². The third-order valence-corrected chi connectivity index (χ3v) is 3.50. The van der Waals surface area contributed by atoms with Gasteiger partial charge in [0, 0.05) is 0 Å². The summed E-state index contributed by atoms with van der Waals surface area (Å²) in [6, 6.07) is 3.09. The normalized spacial score (nSPS) is 16.6. The van der Waals surface area contributed by atoms with Crippen LogP contribution in [0, 0.1) is 0 Å². The molecule has 3 rings (SSSR count). The number of hydrogen-bond donors (Lipinski definition) is 3. The Labute approximate surface area is 138 Å². The number of benzene rings is 1. The van der Waals surface area contributed by atoms with E-state index < -0.39 is 24.0 Å². The van der Waals surface area contributed by atoms with Gasteiger partial charge in [-0.15, -0.1) is 5.10 Å². The summed E-state index contributed by atoms with van der Waals surface area (Å²) in [6.45, 7) is 0. The fraction of sp³-hybridized carbons (Fsp3) is 0.214. The molecule has 0 saturated carbocycles. The first-order valence-corrected chi connectivity index (χ1v) is 6.83. The van der Waals surface area contributed by atoms with E-state index in [9.17, 15) is 23.1 Å². The van der Waals surface area contributed by atoms with Crippen LogP contribution in [0.25, 0.3) is 0 Å². The van der Waals surface area contributed by atoms with E-state index >= 15 is 0 Å². The molecule has 0 aliphatic carbocycles. The van der Waals surface area contributed by atoms with Crippen LogP contribution in [-0.4, -0.2) is 38.1 Å². The number of nitrogens with one attached hydrogen (secondary N) is 1. The van der Waals surface area contributed by atoms with Gasteiger partial charge in [0.1, 0.15) is 11.7 Å². The van der Waals surface area contributed by atoms with Crippen molar-refractivity contribution in [2.24, 2.45) is 0 Å². The van der Waals surface area contributed by atoms with Crippen molar-refractivity contribution in [2.45, 2.75) is 12.2 Å². The Kier molecular flexibility index (Phi) is 3.78. The summed E-state index contributed by atoms with van der Waals surface area (Å²) in [5.74, 6) is -3.20. The minimum Gasteiger partial charge on any atom is -0.504 e. The Morgan fingerprint density at radius 3 is 2.72 bits per heavy atom. The van der Waals surface area contributed by atoms with Crippen molar-refractivity contribution in [3.05, 3.63) is 41.4 Å². The van der Waals surface area contributed by atoms with Crippen molar-refractivity contribution in [3.63, 3.8) is 0 Å². The van der Waals surface area contributed by atoms with Crippen LogP contribution in [0.4, 0.5) is 19.1 Å². The standard InChI is InChI=1S/C14H11F3N4O4/c1-25-10-4-6(2-3-9(10)22)8-5-7(11(23)24)18-13-19-12(14(15,16)17)20-21(8)13/h2-5,8,22H,1H3,(H,23,24)(H,18,19,20)/t8-/m0/s1. The minimum absolute atomic E-state index is 0.0824. The molecule has 1 aromatic carbocycles. The molecule has 0 saturated heterocycles. The summed E-state index contributed by atoms with van der Waals surface area (Å²) in [5.41, 5.74) is 0.0143. The molecular formula is C14H11F3N4O4. The number of aromatic nitrogens is 3. The largest absolute Gasteiger partial charge is 0.504 e. The lowest BCUT2D eigenvalue weighted by atomic mass is 10.0. The molecule has 0 bridgehead atoms. The molecule has 1 aliphatic rings. The second-order valence-corrected chi connectivity index (χ2v) is 5.09. The number of carbonyl (C=O) groups is 1. The van der Waals surface area contributed by atoms with Crippen molar-refractivity contribution in [2.75, 3.05) is 12.4 Å². The maximum Gasteiger partial charge on any atom is 0.453 e. The number of carboxylic acid groups (broad SMARTS) is 1. The number of methoxy groups -OCH3 is 1. The van der Waals surface area contributed by atoms with Crippen LogP contribution < -0.4 is 10.1 Å². The predicted molar refractivity (Wildman–Crippen MR) is 77.2 cm³/mol. The third-order valence-electron chi connectivity index (χ3n) is 3.50. The number of phenols is 1. The molecule has 1 atom stereocenters. The SMILES string of the molecule is COc1cc([C@@H]2C=C(C(=O)O)Nc3nc(C(F)(F)F)nn32)ccc1O. The highest BCUT2D eigenvalue weighted by Crippen LogP contribution is 2.36. The molecule has 132 valence electrons. The Hall–Kier alpha value is -3.24. The predicted octanol–water partition coefficient (Wildman–Crippen LogP) is 1.99. The van der Waals surface area contributed by atoms with Gasteiger partial charge in [-0.05, 0) is 23.8 Å². The fourth-order valence-electron chi connectivity index (χ4n) is 2.35. The van der Waals surface area contributed by atoms with Crippen molar-refractivity contribution >= 4 is 11.9 Å². The highest BCUT2D eigenvalue weighted by Gasteiger charge is 2.39. The molecular weight excluding hydrogens is 345 g/mol. The number of anilines is 1. The van der Waals surface area contributed by atoms with Crippen molar-refractivity contribution in [1.29, 1.82) is 0 Å². The van der Waals surface area contributed by atoms with Crippen molar-refractivity contribution in [1.82, 2.24) is 14.8 Å². The van der Waals surface area contributed by atoms with E-state index in [0.717, 1.165) is 4.68 Å². The zero-order valence-electron chi connectivity index (χ0n) is 12.6. The number of fused-ring (bicyclic) bond motifs is 1.